The fourth-order valence-corrected chi connectivity index (χ4v) is 10.8. The number of thioether (sulfide) groups is 2. The molecule has 0 bridgehead atoms. The number of aliphatic hydroxyl groups excluding tert-OH is 1. The Hall–Kier alpha value is -2.05. The number of nitrogens with one attached hydrogen (secondary N) is 1. The number of carbonyl (C=O) groups excluding carboxylic acids is 2. The lowest BCUT2D eigenvalue weighted by Crippen LogP contribution is -2.54. The largest absolute Gasteiger partial charge is 0.388 e. The number of rotatable bonds is 14. The fourth-order valence-electron chi connectivity index (χ4n) is 5.60. The van der Waals surface area contributed by atoms with Crippen LogP contribution in [0.1, 0.15) is 50.2 Å². The van der Waals surface area contributed by atoms with Crippen LogP contribution in [-0.2, 0) is 34.0 Å². The Balaban J connectivity index is 1.58. The molecule has 2 aliphatic rings. The molecule has 43 heavy (non-hydrogen) atoms. The van der Waals surface area contributed by atoms with Crippen LogP contribution in [0.3, 0.4) is 0 Å². The molecule has 0 radical (unpaired) electrons. The van der Waals surface area contributed by atoms with Gasteiger partial charge in [0.15, 0.2) is 9.84 Å². The number of aliphatic hydroxyl groups is 1. The van der Waals surface area contributed by atoms with E-state index in [4.69, 9.17) is 4.74 Å². The molecule has 2 aromatic rings. The second kappa shape index (κ2) is 16.3. The van der Waals surface area contributed by atoms with Crippen molar-refractivity contribution in [2.24, 2.45) is 5.92 Å². The maximum absolute atomic E-state index is 14.0. The Morgan fingerprint density at radius 2 is 1.65 bits per heavy atom. The normalized spacial score (nSPS) is 19.3. The van der Waals surface area contributed by atoms with Crippen molar-refractivity contribution < 1.29 is 27.9 Å². The average molecular weight is 649 g/mol. The van der Waals surface area contributed by atoms with Gasteiger partial charge in [0, 0.05) is 19.5 Å². The third-order valence-corrected chi connectivity index (χ3v) is 13.1. The van der Waals surface area contributed by atoms with Gasteiger partial charge in [-0.15, -0.1) is 23.5 Å². The summed E-state index contributed by atoms with van der Waals surface area (Å²) in [6.45, 7) is 3.71. The number of hydrogen-bond donors (Lipinski definition) is 2. The smallest absolute Gasteiger partial charge is 0.224 e. The van der Waals surface area contributed by atoms with Crippen molar-refractivity contribution in [2.45, 2.75) is 61.0 Å². The molecule has 4 rings (SSSR count). The summed E-state index contributed by atoms with van der Waals surface area (Å²) in [7, 11) is -3.73. The number of morpholine rings is 1. The molecule has 3 atom stereocenters. The lowest BCUT2D eigenvalue weighted by molar-refractivity contribution is -0.139. The van der Waals surface area contributed by atoms with Crippen molar-refractivity contribution in [3.63, 3.8) is 0 Å². The van der Waals surface area contributed by atoms with Gasteiger partial charge >= 0.3 is 0 Å². The first-order valence-electron chi connectivity index (χ1n) is 15.2. The standard InChI is InChI=1S/C32H44N2O6S3/c1-2-3-15-28(30(36)32(41-20-10-21-42-32)27-13-8-5-9-14-27)33-31(37)26(22-29(35)34-16-18-40-19-17-34)24-43(38,39)23-25-11-6-4-7-12-25/h4-9,11-14,26,28,30,36H,2-3,10,15-24H2,1H3,(H,33,37). The fraction of sp³-hybridized carbons (Fsp3) is 0.562. The Labute approximate surface area is 264 Å². The molecule has 2 fully saturated rings. The van der Waals surface area contributed by atoms with Crippen molar-refractivity contribution in [1.82, 2.24) is 10.2 Å². The van der Waals surface area contributed by atoms with Crippen LogP contribution in [0.25, 0.3) is 0 Å². The number of unbranched alkanes of at least 4 members (excludes halogenated alkanes) is 1. The van der Waals surface area contributed by atoms with Crippen molar-refractivity contribution in [2.75, 3.05) is 43.6 Å². The first kappa shape index (κ1) is 33.8. The van der Waals surface area contributed by atoms with Gasteiger partial charge in [0.2, 0.25) is 11.8 Å². The van der Waals surface area contributed by atoms with Crippen LogP contribution in [0.15, 0.2) is 60.7 Å². The Morgan fingerprint density at radius 3 is 2.28 bits per heavy atom. The van der Waals surface area contributed by atoms with E-state index in [2.05, 4.69) is 12.2 Å². The first-order chi connectivity index (χ1) is 20.7. The average Bonchev–Trinajstić information content (AvgIpc) is 3.03. The monoisotopic (exact) mass is 648 g/mol. The molecule has 2 aromatic carbocycles. The lowest BCUT2D eigenvalue weighted by atomic mass is 9.95. The van der Waals surface area contributed by atoms with Crippen molar-refractivity contribution in [1.29, 1.82) is 0 Å². The van der Waals surface area contributed by atoms with E-state index in [-0.39, 0.29) is 18.1 Å². The zero-order chi connectivity index (χ0) is 30.7. The van der Waals surface area contributed by atoms with Gasteiger partial charge in [0.1, 0.15) is 10.2 Å². The van der Waals surface area contributed by atoms with Crippen LogP contribution < -0.4 is 5.32 Å². The molecule has 0 aliphatic carbocycles. The molecular weight excluding hydrogens is 605 g/mol. The minimum absolute atomic E-state index is 0.213. The summed E-state index contributed by atoms with van der Waals surface area (Å²) < 4.78 is 31.4. The molecule has 0 aromatic heterocycles. The zero-order valence-electron chi connectivity index (χ0n) is 24.9. The quantitative estimate of drug-likeness (QED) is 0.313. The molecule has 236 valence electrons. The van der Waals surface area contributed by atoms with E-state index >= 15 is 0 Å². The molecular formula is C32H44N2O6S3. The van der Waals surface area contributed by atoms with E-state index < -0.39 is 43.6 Å². The summed E-state index contributed by atoms with van der Waals surface area (Å²) in [5, 5.41) is 15.1. The van der Waals surface area contributed by atoms with Gasteiger partial charge in [-0.3, -0.25) is 9.59 Å². The highest BCUT2D eigenvalue weighted by atomic mass is 32.2. The van der Waals surface area contributed by atoms with Gasteiger partial charge in [-0.25, -0.2) is 8.42 Å². The second-order valence-corrected chi connectivity index (χ2v) is 16.3. The molecule has 2 amide bonds. The van der Waals surface area contributed by atoms with Gasteiger partial charge in [0.05, 0.1) is 36.7 Å². The Kier molecular flexibility index (Phi) is 12.8. The summed E-state index contributed by atoms with van der Waals surface area (Å²) in [6.07, 6.45) is 2.10. The minimum Gasteiger partial charge on any atom is -0.388 e. The summed E-state index contributed by atoms with van der Waals surface area (Å²) in [6, 6.07) is 18.2. The van der Waals surface area contributed by atoms with E-state index in [9.17, 15) is 23.1 Å². The maximum atomic E-state index is 14.0. The molecule has 0 spiro atoms. The van der Waals surface area contributed by atoms with Crippen LogP contribution in [0.4, 0.5) is 0 Å². The minimum atomic E-state index is -3.73. The van der Waals surface area contributed by atoms with Crippen molar-refractivity contribution in [3.8, 4) is 0 Å². The van der Waals surface area contributed by atoms with Crippen molar-refractivity contribution in [3.05, 3.63) is 71.8 Å². The molecule has 2 saturated heterocycles. The molecule has 3 unspecified atom stereocenters. The van der Waals surface area contributed by atoms with Gasteiger partial charge in [0.25, 0.3) is 0 Å². The third kappa shape index (κ3) is 9.47. The summed E-state index contributed by atoms with van der Waals surface area (Å²) in [5.74, 6) is -0.734. The number of ether oxygens (including phenoxy) is 1. The molecule has 2 N–H and O–H groups in total. The van der Waals surface area contributed by atoms with Crippen LogP contribution in [0.5, 0.6) is 0 Å². The second-order valence-electron chi connectivity index (χ2n) is 11.2. The van der Waals surface area contributed by atoms with Crippen LogP contribution in [0.2, 0.25) is 0 Å². The molecule has 2 heterocycles. The number of sulfone groups is 1. The number of carbonyl (C=O) groups is 2. The molecule has 11 heteroatoms. The van der Waals surface area contributed by atoms with E-state index in [1.54, 1.807) is 52.7 Å². The van der Waals surface area contributed by atoms with Crippen molar-refractivity contribution >= 4 is 45.2 Å². The highest BCUT2D eigenvalue weighted by molar-refractivity contribution is 8.18. The van der Waals surface area contributed by atoms with Gasteiger partial charge in [-0.1, -0.05) is 80.4 Å². The molecule has 0 saturated carbocycles. The SMILES string of the molecule is CCCCC(NC(=O)C(CC(=O)N1CCOCC1)CS(=O)(=O)Cc1ccccc1)C(O)C1(c2ccccc2)SCCCS1. The Bertz CT molecular complexity index is 1270. The van der Waals surface area contributed by atoms with E-state index in [1.807, 2.05) is 36.4 Å². The summed E-state index contributed by atoms with van der Waals surface area (Å²) >= 11 is 3.41. The number of nitrogens with zero attached hydrogens (tertiary/aromatic N) is 1. The van der Waals surface area contributed by atoms with E-state index in [0.29, 0.717) is 38.3 Å². The highest BCUT2D eigenvalue weighted by Crippen LogP contribution is 2.53. The lowest BCUT2D eigenvalue weighted by Gasteiger charge is -2.43. The van der Waals surface area contributed by atoms with Crippen LogP contribution in [-0.4, -0.2) is 85.9 Å². The van der Waals surface area contributed by atoms with Crippen LogP contribution >= 0.6 is 23.5 Å². The number of benzene rings is 2. The first-order valence-corrected chi connectivity index (χ1v) is 18.9. The summed E-state index contributed by atoms with van der Waals surface area (Å²) in [5.41, 5.74) is 1.63. The number of amides is 2. The van der Waals surface area contributed by atoms with E-state index in [0.717, 1.165) is 36.3 Å². The highest BCUT2D eigenvalue weighted by Gasteiger charge is 2.46. The maximum Gasteiger partial charge on any atom is 0.224 e. The van der Waals surface area contributed by atoms with Gasteiger partial charge in [-0.05, 0) is 35.5 Å². The third-order valence-electron chi connectivity index (χ3n) is 7.90. The van der Waals surface area contributed by atoms with E-state index in [1.165, 1.54) is 0 Å². The van der Waals surface area contributed by atoms with Gasteiger partial charge < -0.3 is 20.1 Å². The molecule has 2 aliphatic heterocycles. The van der Waals surface area contributed by atoms with Gasteiger partial charge in [-0.2, -0.15) is 0 Å². The topological polar surface area (TPSA) is 113 Å². The number of hydrogen-bond acceptors (Lipinski definition) is 8. The predicted molar refractivity (Wildman–Crippen MR) is 175 cm³/mol. The molecule has 8 nitrogen and oxygen atoms in total. The predicted octanol–water partition coefficient (Wildman–Crippen LogP) is 4.23. The van der Waals surface area contributed by atoms with Crippen LogP contribution in [0, 0.1) is 5.92 Å². The zero-order valence-corrected chi connectivity index (χ0v) is 27.3. The Morgan fingerprint density at radius 1 is 1.02 bits per heavy atom. The summed E-state index contributed by atoms with van der Waals surface area (Å²) in [4.78, 5) is 28.9.